The van der Waals surface area contributed by atoms with Crippen LogP contribution in [0.15, 0.2) is 30.3 Å². The van der Waals surface area contributed by atoms with Crippen molar-refractivity contribution < 1.29 is 29.2 Å². The Morgan fingerprint density at radius 2 is 1.56 bits per heavy atom. The molecule has 0 spiro atoms. The highest BCUT2D eigenvalue weighted by Crippen LogP contribution is 2.31. The van der Waals surface area contributed by atoms with Gasteiger partial charge in [0, 0.05) is 31.6 Å². The molecule has 0 unspecified atom stereocenters. The number of benzene rings is 2. The summed E-state index contributed by atoms with van der Waals surface area (Å²) in [7, 11) is 3.26. The summed E-state index contributed by atoms with van der Waals surface area (Å²) >= 11 is 0. The molecule has 0 saturated carbocycles. The van der Waals surface area contributed by atoms with Crippen molar-refractivity contribution in [1.29, 1.82) is 0 Å². The van der Waals surface area contributed by atoms with Gasteiger partial charge in [-0.05, 0) is 49.2 Å². The van der Waals surface area contributed by atoms with Gasteiger partial charge >= 0.3 is 0 Å². The molecule has 2 aromatic carbocycles. The van der Waals surface area contributed by atoms with Gasteiger partial charge in [0.05, 0.1) is 39.7 Å². The van der Waals surface area contributed by atoms with Gasteiger partial charge in [-0.2, -0.15) is 0 Å². The van der Waals surface area contributed by atoms with Crippen LogP contribution in [0.4, 0.5) is 5.69 Å². The summed E-state index contributed by atoms with van der Waals surface area (Å²) < 4.78 is 16.6. The maximum atomic E-state index is 12.6. The maximum Gasteiger partial charge on any atom is 0.225 e. The number of nitrogens with zero attached hydrogens (tertiary/aromatic N) is 1. The standard InChI is InChI=1S/C26H36N2O6/c1-5-34-23-9-8-20(6-7-21-17-24(32-3)19(2)25(18-21)33-4)16-22(23)27-26(31)10-11-28(12-14-29)13-15-30/h6-9,16-18,29-30H,5,10-15H2,1-4H3,(H,27,31)/b7-6-. The number of aliphatic hydroxyl groups is 2. The zero-order chi connectivity index (χ0) is 24.9. The van der Waals surface area contributed by atoms with Gasteiger partial charge in [-0.25, -0.2) is 0 Å². The van der Waals surface area contributed by atoms with Gasteiger partial charge in [0.15, 0.2) is 0 Å². The first kappa shape index (κ1) is 27.2. The van der Waals surface area contributed by atoms with Crippen molar-refractivity contribution in [2.24, 2.45) is 0 Å². The molecule has 0 bridgehead atoms. The molecule has 0 aliphatic carbocycles. The molecule has 2 rings (SSSR count). The Hall–Kier alpha value is -3.07. The molecular weight excluding hydrogens is 436 g/mol. The molecule has 0 aliphatic rings. The summed E-state index contributed by atoms with van der Waals surface area (Å²) in [4.78, 5) is 14.4. The summed E-state index contributed by atoms with van der Waals surface area (Å²) in [6.45, 7) is 5.51. The third kappa shape index (κ3) is 8.06. The summed E-state index contributed by atoms with van der Waals surface area (Å²) in [5, 5.41) is 21.2. The quantitative estimate of drug-likeness (QED) is 0.363. The summed E-state index contributed by atoms with van der Waals surface area (Å²) in [6, 6.07) is 9.50. The lowest BCUT2D eigenvalue weighted by Gasteiger charge is -2.20. The Morgan fingerprint density at radius 1 is 0.941 bits per heavy atom. The maximum absolute atomic E-state index is 12.6. The molecule has 2 aromatic rings. The molecular formula is C26H36N2O6. The van der Waals surface area contributed by atoms with Crippen LogP contribution in [0.1, 0.15) is 30.0 Å². The number of hydrogen-bond donors (Lipinski definition) is 3. The van der Waals surface area contributed by atoms with Crippen molar-refractivity contribution in [3.05, 3.63) is 47.0 Å². The molecule has 0 saturated heterocycles. The second-order valence-corrected chi connectivity index (χ2v) is 7.66. The van der Waals surface area contributed by atoms with Crippen molar-refractivity contribution >= 4 is 23.7 Å². The lowest BCUT2D eigenvalue weighted by molar-refractivity contribution is -0.116. The smallest absolute Gasteiger partial charge is 0.225 e. The van der Waals surface area contributed by atoms with E-state index in [0.717, 1.165) is 28.2 Å². The van der Waals surface area contributed by atoms with Crippen LogP contribution in [0.25, 0.3) is 12.2 Å². The molecule has 0 aliphatic heterocycles. The van der Waals surface area contributed by atoms with Crippen LogP contribution < -0.4 is 19.5 Å². The molecule has 3 N–H and O–H groups in total. The topological polar surface area (TPSA) is 100 Å². The van der Waals surface area contributed by atoms with E-state index < -0.39 is 0 Å². The number of aliphatic hydroxyl groups excluding tert-OH is 2. The monoisotopic (exact) mass is 472 g/mol. The number of hydrogen-bond acceptors (Lipinski definition) is 7. The second kappa shape index (κ2) is 14.2. The lowest BCUT2D eigenvalue weighted by atomic mass is 10.1. The summed E-state index contributed by atoms with van der Waals surface area (Å²) in [5.74, 6) is 1.91. The van der Waals surface area contributed by atoms with E-state index in [-0.39, 0.29) is 25.5 Å². The molecule has 0 aromatic heterocycles. The molecule has 186 valence electrons. The Morgan fingerprint density at radius 3 is 2.12 bits per heavy atom. The molecule has 8 heteroatoms. The molecule has 0 heterocycles. The van der Waals surface area contributed by atoms with Gasteiger partial charge in [0.1, 0.15) is 17.2 Å². The van der Waals surface area contributed by atoms with E-state index in [2.05, 4.69) is 5.32 Å². The largest absolute Gasteiger partial charge is 0.496 e. The summed E-state index contributed by atoms with van der Waals surface area (Å²) in [5.41, 5.74) is 3.33. The normalized spacial score (nSPS) is 11.1. The van der Waals surface area contributed by atoms with E-state index in [1.807, 2.05) is 61.2 Å². The van der Waals surface area contributed by atoms with Gasteiger partial charge in [-0.15, -0.1) is 0 Å². The number of methoxy groups -OCH3 is 2. The van der Waals surface area contributed by atoms with Crippen molar-refractivity contribution in [2.45, 2.75) is 20.3 Å². The first-order valence-corrected chi connectivity index (χ1v) is 11.4. The molecule has 0 radical (unpaired) electrons. The van der Waals surface area contributed by atoms with Crippen molar-refractivity contribution in [3.8, 4) is 17.2 Å². The minimum atomic E-state index is -0.170. The average Bonchev–Trinajstić information content (AvgIpc) is 2.83. The number of carbonyl (C=O) groups is 1. The van der Waals surface area contributed by atoms with Crippen molar-refractivity contribution in [3.63, 3.8) is 0 Å². The minimum absolute atomic E-state index is 0.0246. The fraction of sp³-hybridized carbons (Fsp3) is 0.423. The SMILES string of the molecule is CCOc1ccc(/C=C\c2cc(OC)c(C)c(OC)c2)cc1NC(=O)CCN(CCO)CCO. The molecule has 34 heavy (non-hydrogen) atoms. The van der Waals surface area contributed by atoms with E-state index in [1.165, 1.54) is 0 Å². The first-order chi connectivity index (χ1) is 16.4. The number of nitrogens with one attached hydrogen (secondary N) is 1. The van der Waals surface area contributed by atoms with Crippen LogP contribution in [-0.2, 0) is 4.79 Å². The fourth-order valence-corrected chi connectivity index (χ4v) is 3.52. The predicted octanol–water partition coefficient (Wildman–Crippen LogP) is 3.20. The zero-order valence-electron chi connectivity index (χ0n) is 20.5. The number of carbonyl (C=O) groups excluding carboxylic acids is 1. The Bertz CT molecular complexity index is 929. The van der Waals surface area contributed by atoms with Crippen molar-refractivity contribution in [2.75, 3.05) is 59.0 Å². The average molecular weight is 473 g/mol. The number of amides is 1. The Kier molecular flexibility index (Phi) is 11.4. The zero-order valence-corrected chi connectivity index (χ0v) is 20.5. The van der Waals surface area contributed by atoms with E-state index in [1.54, 1.807) is 14.2 Å². The Balaban J connectivity index is 2.18. The number of anilines is 1. The predicted molar refractivity (Wildman–Crippen MR) is 135 cm³/mol. The van der Waals surface area contributed by atoms with E-state index in [4.69, 9.17) is 24.4 Å². The molecule has 0 atom stereocenters. The molecule has 0 fully saturated rings. The van der Waals surface area contributed by atoms with Gasteiger partial charge in [0.2, 0.25) is 5.91 Å². The second-order valence-electron chi connectivity index (χ2n) is 7.66. The van der Waals surface area contributed by atoms with Crippen LogP contribution in [0.3, 0.4) is 0 Å². The van der Waals surface area contributed by atoms with Gasteiger partial charge in [-0.3, -0.25) is 9.69 Å². The molecule has 8 nitrogen and oxygen atoms in total. The number of ether oxygens (including phenoxy) is 3. The van der Waals surface area contributed by atoms with E-state index in [9.17, 15) is 4.79 Å². The Labute approximate surface area is 201 Å². The fourth-order valence-electron chi connectivity index (χ4n) is 3.52. The lowest BCUT2D eigenvalue weighted by Crippen LogP contribution is -2.32. The number of rotatable bonds is 14. The third-order valence-electron chi connectivity index (χ3n) is 5.31. The van der Waals surface area contributed by atoms with Crippen LogP contribution in [0.2, 0.25) is 0 Å². The first-order valence-electron chi connectivity index (χ1n) is 11.4. The highest BCUT2D eigenvalue weighted by Gasteiger charge is 2.12. The third-order valence-corrected chi connectivity index (χ3v) is 5.31. The van der Waals surface area contributed by atoms with Crippen LogP contribution in [-0.4, -0.2) is 74.7 Å². The minimum Gasteiger partial charge on any atom is -0.496 e. The highest BCUT2D eigenvalue weighted by molar-refractivity contribution is 5.93. The highest BCUT2D eigenvalue weighted by atomic mass is 16.5. The van der Waals surface area contributed by atoms with Crippen LogP contribution in [0.5, 0.6) is 17.2 Å². The van der Waals surface area contributed by atoms with Gasteiger partial charge in [0.25, 0.3) is 0 Å². The van der Waals surface area contributed by atoms with E-state index in [0.29, 0.717) is 37.7 Å². The van der Waals surface area contributed by atoms with Gasteiger partial charge in [-0.1, -0.05) is 18.2 Å². The van der Waals surface area contributed by atoms with E-state index >= 15 is 0 Å². The van der Waals surface area contributed by atoms with Crippen LogP contribution >= 0.6 is 0 Å². The molecule has 1 amide bonds. The van der Waals surface area contributed by atoms with Gasteiger partial charge < -0.3 is 29.7 Å². The summed E-state index contributed by atoms with van der Waals surface area (Å²) in [6.07, 6.45) is 4.13. The van der Waals surface area contributed by atoms with Crippen molar-refractivity contribution in [1.82, 2.24) is 4.90 Å². The van der Waals surface area contributed by atoms with Crippen LogP contribution in [0, 0.1) is 6.92 Å².